The van der Waals surface area contributed by atoms with Crippen LogP contribution in [-0.4, -0.2) is 19.6 Å². The van der Waals surface area contributed by atoms with Crippen LogP contribution in [0.5, 0.6) is 5.75 Å². The summed E-state index contributed by atoms with van der Waals surface area (Å²) in [5.74, 6) is 2.41. The van der Waals surface area contributed by atoms with Gasteiger partial charge in [-0.15, -0.1) is 35.9 Å². The molecule has 5 heteroatoms. The molecule has 1 N–H and O–H groups in total. The molecule has 0 spiro atoms. The monoisotopic (exact) mass is 1140 g/mol. The molecule has 0 amide bonds. The van der Waals surface area contributed by atoms with Gasteiger partial charge in [-0.2, -0.15) is 0 Å². The molecular weight excluding hydrogens is 1070 g/mol. The molecule has 7 aromatic carbocycles. The molecule has 0 saturated heterocycles. The molecule has 0 aliphatic heterocycles. The number of phenolic OH excluding ortho intramolecular Hbond substituents is 1. The van der Waals surface area contributed by atoms with Gasteiger partial charge in [0.1, 0.15) is 11.4 Å². The summed E-state index contributed by atoms with van der Waals surface area (Å²) in [7, 11) is 0. The van der Waals surface area contributed by atoms with E-state index in [1.807, 2.05) is 18.2 Å². The van der Waals surface area contributed by atoms with Crippen LogP contribution in [0, 0.1) is 19.9 Å². The van der Waals surface area contributed by atoms with E-state index in [0.29, 0.717) is 23.7 Å². The Balaban J connectivity index is 0.00000656. The van der Waals surface area contributed by atoms with E-state index < -0.39 is 0 Å². The Bertz CT molecular complexity index is 3420. The molecule has 0 saturated carbocycles. The average molecular weight is 1140 g/mol. The molecule has 73 heavy (non-hydrogen) atoms. The molecule has 9 aromatic rings. The van der Waals surface area contributed by atoms with Crippen LogP contribution in [0.4, 0.5) is 0 Å². The Morgan fingerprint density at radius 1 is 0.507 bits per heavy atom. The number of phenols is 1. The first-order valence-electron chi connectivity index (χ1n) is 26.2. The van der Waals surface area contributed by atoms with Gasteiger partial charge in [-0.1, -0.05) is 186 Å². The van der Waals surface area contributed by atoms with Gasteiger partial charge in [-0.05, 0) is 139 Å². The second-order valence-electron chi connectivity index (χ2n) is 22.8. The number of para-hydroxylation sites is 1. The van der Waals surface area contributed by atoms with E-state index >= 15 is 0 Å². The van der Waals surface area contributed by atoms with Gasteiger partial charge < -0.3 is 5.11 Å². The molecule has 1 aliphatic carbocycles. The molecule has 10 rings (SSSR count). The average Bonchev–Trinajstić information content (AvgIpc) is 3.74. The number of aryl methyl sites for hydroxylation is 2. The van der Waals surface area contributed by atoms with Crippen molar-refractivity contribution >= 4 is 11.0 Å². The summed E-state index contributed by atoms with van der Waals surface area (Å²) < 4.78 is 2.34. The zero-order valence-electron chi connectivity index (χ0n) is 45.2. The Kier molecular flexibility index (Phi) is 13.8. The van der Waals surface area contributed by atoms with E-state index in [4.69, 9.17) is 9.97 Å². The van der Waals surface area contributed by atoms with Gasteiger partial charge >= 0.3 is 0 Å². The molecule has 1 aliphatic rings. The summed E-state index contributed by atoms with van der Waals surface area (Å²) in [4.78, 5) is 11.5. The molecule has 374 valence electrons. The van der Waals surface area contributed by atoms with Crippen LogP contribution in [0.15, 0.2) is 140 Å². The Morgan fingerprint density at radius 2 is 1.04 bits per heavy atom. The molecule has 4 nitrogen and oxygen atoms in total. The minimum absolute atomic E-state index is 0. The summed E-state index contributed by atoms with van der Waals surface area (Å²) in [6, 6.07) is 54.9. The molecular formula is C68H70N3OPt-. The maximum Gasteiger partial charge on any atom is 0.163 e. The summed E-state index contributed by atoms with van der Waals surface area (Å²) in [5, 5.41) is 11.7. The first-order valence-corrected chi connectivity index (χ1v) is 26.2. The van der Waals surface area contributed by atoms with Gasteiger partial charge in [0.05, 0.1) is 22.4 Å². The van der Waals surface area contributed by atoms with Gasteiger partial charge in [-0.25, -0.2) is 9.97 Å². The second kappa shape index (κ2) is 19.5. The standard InChI is InChI=1S/C68H70N3O.Pt/c1-39(2)46-33-47(40(3)4)36-50(35-46)52-25-19-26-53(51-37-48(41(5)6)34-49(38-51)42(7)8)61(52)54-29-32-58-64(60(54)45-23-16-15-17-24-45)70-66(71(58)65-43(9)21-18-22-44(65)10)57-31-30-56-63(69-57)62-55(27-20-28-59(62)72)67(11,12)68(56,13)14;/h15-23,25-42,72H,1-14H3;/q-1;. The largest absolute Gasteiger partial charge is 0.507 e. The fourth-order valence-corrected chi connectivity index (χ4v) is 11.3. The van der Waals surface area contributed by atoms with Crippen LogP contribution in [0.1, 0.15) is 151 Å². The molecule has 0 unspecified atom stereocenters. The van der Waals surface area contributed by atoms with E-state index in [-0.39, 0.29) is 37.6 Å². The Labute approximate surface area is 449 Å². The number of pyridine rings is 1. The Morgan fingerprint density at radius 3 is 1.58 bits per heavy atom. The summed E-state index contributed by atoms with van der Waals surface area (Å²) in [6.45, 7) is 31.9. The van der Waals surface area contributed by atoms with E-state index in [2.05, 4.69) is 223 Å². The second-order valence-corrected chi connectivity index (χ2v) is 22.8. The summed E-state index contributed by atoms with van der Waals surface area (Å²) >= 11 is 0. The minimum atomic E-state index is -0.285. The molecule has 0 fully saturated rings. The molecule has 0 radical (unpaired) electrons. The van der Waals surface area contributed by atoms with E-state index in [0.717, 1.165) is 78.4 Å². The topological polar surface area (TPSA) is 50.9 Å². The van der Waals surface area contributed by atoms with E-state index in [9.17, 15) is 5.11 Å². The van der Waals surface area contributed by atoms with Crippen molar-refractivity contribution in [2.45, 2.75) is 131 Å². The number of fused-ring (bicyclic) bond motifs is 4. The van der Waals surface area contributed by atoms with Crippen molar-refractivity contribution in [2.24, 2.45) is 0 Å². The fraction of sp³-hybridized carbons (Fsp3) is 0.294. The van der Waals surface area contributed by atoms with Gasteiger partial charge in [0, 0.05) is 32.0 Å². The zero-order valence-corrected chi connectivity index (χ0v) is 47.5. The molecule has 0 bridgehead atoms. The fourth-order valence-electron chi connectivity index (χ4n) is 11.3. The van der Waals surface area contributed by atoms with Crippen LogP contribution < -0.4 is 0 Å². The van der Waals surface area contributed by atoms with Gasteiger partial charge in [0.15, 0.2) is 5.82 Å². The van der Waals surface area contributed by atoms with Crippen molar-refractivity contribution < 1.29 is 26.2 Å². The van der Waals surface area contributed by atoms with E-state index in [1.165, 1.54) is 50.1 Å². The summed E-state index contributed by atoms with van der Waals surface area (Å²) in [6.07, 6.45) is 0. The van der Waals surface area contributed by atoms with Crippen molar-refractivity contribution in [1.82, 2.24) is 14.5 Å². The number of hydrogen-bond acceptors (Lipinski definition) is 3. The number of rotatable bonds is 10. The first-order chi connectivity index (χ1) is 34.3. The van der Waals surface area contributed by atoms with Crippen molar-refractivity contribution in [2.75, 3.05) is 0 Å². The Hall–Kier alpha value is -6.35. The number of aromatic hydroxyl groups is 1. The van der Waals surface area contributed by atoms with Crippen LogP contribution >= 0.6 is 0 Å². The van der Waals surface area contributed by atoms with Gasteiger partial charge in [-0.3, -0.25) is 4.57 Å². The quantitative estimate of drug-likeness (QED) is 0.139. The van der Waals surface area contributed by atoms with Crippen molar-refractivity contribution in [1.29, 1.82) is 0 Å². The molecule has 0 atom stereocenters. The zero-order chi connectivity index (χ0) is 51.1. The van der Waals surface area contributed by atoms with Crippen LogP contribution in [0.25, 0.3) is 84.0 Å². The van der Waals surface area contributed by atoms with Crippen LogP contribution in [0.3, 0.4) is 0 Å². The SMILES string of the molecule is Cc1cccc(C)c1-n1c(-c2ccc3c(n2)-c2c(O)cccc2C(C)(C)C3(C)C)nc2c(-c3[c-]cccc3)c(-c3c(-c4cc(C(C)C)cc(C(C)C)c4)cccc3-c3cc(C(C)C)cc(C(C)C)c3)ccc21.[Pt]. The smallest absolute Gasteiger partial charge is 0.163 e. The maximum absolute atomic E-state index is 11.7. The predicted molar refractivity (Wildman–Crippen MR) is 304 cm³/mol. The summed E-state index contributed by atoms with van der Waals surface area (Å²) in [5.41, 5.74) is 23.6. The number of nitrogens with zero attached hydrogens (tertiary/aromatic N) is 3. The third-order valence-electron chi connectivity index (χ3n) is 16.4. The number of imidazole rings is 1. The minimum Gasteiger partial charge on any atom is -0.507 e. The van der Waals surface area contributed by atoms with Crippen molar-refractivity contribution in [3.63, 3.8) is 0 Å². The van der Waals surface area contributed by atoms with Gasteiger partial charge in [0.25, 0.3) is 0 Å². The third-order valence-corrected chi connectivity index (χ3v) is 16.4. The van der Waals surface area contributed by atoms with E-state index in [1.54, 1.807) is 6.07 Å². The van der Waals surface area contributed by atoms with Crippen molar-refractivity contribution in [3.05, 3.63) is 190 Å². The van der Waals surface area contributed by atoms with Crippen LogP contribution in [0.2, 0.25) is 0 Å². The predicted octanol–water partition coefficient (Wildman–Crippen LogP) is 18.6. The molecule has 2 aromatic heterocycles. The number of aromatic nitrogens is 3. The third kappa shape index (κ3) is 8.72. The normalized spacial score (nSPS) is 13.7. The van der Waals surface area contributed by atoms with Gasteiger partial charge in [0.2, 0.25) is 0 Å². The van der Waals surface area contributed by atoms with Crippen LogP contribution in [-0.2, 0) is 31.9 Å². The van der Waals surface area contributed by atoms with Crippen molar-refractivity contribution in [3.8, 4) is 78.7 Å². The number of benzene rings is 7. The molecule has 2 heterocycles. The number of hydrogen-bond donors (Lipinski definition) is 1. The first kappa shape index (κ1) is 51.5. The maximum atomic E-state index is 11.7.